The number of nitrogens with two attached hydrogens (primary N) is 1. The fourth-order valence-corrected chi connectivity index (χ4v) is 7.43. The molecule has 0 unspecified atom stereocenters. The van der Waals surface area contributed by atoms with E-state index in [9.17, 15) is 28.8 Å². The molecule has 0 saturated carbocycles. The van der Waals surface area contributed by atoms with Gasteiger partial charge in [0.1, 0.15) is 0 Å². The highest BCUT2D eigenvalue weighted by Gasteiger charge is 2.16. The van der Waals surface area contributed by atoms with Gasteiger partial charge >= 0.3 is 5.97 Å². The Labute approximate surface area is 347 Å². The molecule has 4 aromatic carbocycles. The van der Waals surface area contributed by atoms with Gasteiger partial charge in [-0.1, -0.05) is 36.4 Å². The van der Waals surface area contributed by atoms with E-state index in [-0.39, 0.29) is 61.4 Å². The van der Waals surface area contributed by atoms with E-state index in [1.807, 2.05) is 54.0 Å². The molecule has 2 aromatic heterocycles. The number of methoxy groups -OCH3 is 4. The van der Waals surface area contributed by atoms with E-state index >= 15 is 0 Å². The van der Waals surface area contributed by atoms with E-state index in [0.717, 1.165) is 20.2 Å². The number of rotatable bonds is 16. The van der Waals surface area contributed by atoms with E-state index < -0.39 is 5.97 Å². The van der Waals surface area contributed by atoms with Gasteiger partial charge in [-0.25, -0.2) is 10.6 Å². The summed E-state index contributed by atoms with van der Waals surface area (Å²) in [4.78, 5) is 70.3. The summed E-state index contributed by atoms with van der Waals surface area (Å²) < 4.78 is 22.6. The van der Waals surface area contributed by atoms with Gasteiger partial charge in [0.15, 0.2) is 40.3 Å². The van der Waals surface area contributed by atoms with Crippen molar-refractivity contribution in [2.45, 2.75) is 25.7 Å². The Morgan fingerprint density at radius 3 is 1.46 bits per heavy atom. The Morgan fingerprint density at radius 1 is 0.559 bits per heavy atom. The molecule has 0 aliphatic heterocycles. The van der Waals surface area contributed by atoms with Crippen molar-refractivity contribution in [3.63, 3.8) is 0 Å². The van der Waals surface area contributed by atoms with Crippen molar-refractivity contribution in [2.75, 3.05) is 35.0 Å². The van der Waals surface area contributed by atoms with Crippen molar-refractivity contribution in [2.24, 2.45) is 5.84 Å². The first-order valence-electron chi connectivity index (χ1n) is 17.9. The largest absolute Gasteiger partial charge is 0.493 e. The predicted octanol–water partition coefficient (Wildman–Crippen LogP) is 7.14. The number of carbonyl (C=O) groups is 6. The van der Waals surface area contributed by atoms with Gasteiger partial charge in [-0.3, -0.25) is 29.4 Å². The number of carbonyl (C=O) groups excluding carboxylic acids is 5. The number of hydrazine groups is 1. The van der Waals surface area contributed by atoms with Gasteiger partial charge in [0.2, 0.25) is 11.8 Å². The Kier molecular flexibility index (Phi) is 17.1. The molecule has 5 N–H and O–H groups in total. The molecule has 0 aliphatic carbocycles. The second-order valence-electron chi connectivity index (χ2n) is 12.3. The summed E-state index contributed by atoms with van der Waals surface area (Å²) in [6.45, 7) is -0.0931. The van der Waals surface area contributed by atoms with Crippen LogP contribution in [0.25, 0.3) is 20.2 Å². The standard InChI is InChI=1S/C22H21NO5S.C12H16N2O4.C9H6O2S/c1-27-19-9-7-14(11-20(19)28-2)17(24)8-10-22(26)23-12-18(25)16-13-29-21-6-4-3-5-15(16)21;1-17-10-5-3-8(7-11(10)18-2)9(15)4-6-12(16)14-13;10-9(11)7-5-12-8-4-2-1-3-6(7)8/h3-7,9,11,13H,8,10,12H2,1-2H3,(H,23,26);3,5,7H,4,6,13H2,1-2H3,(H,14,16);1-5H,(H,10,11). The molecule has 6 aromatic rings. The number of carboxylic acid groups (broad SMARTS) is 1. The number of aromatic carboxylic acids is 1. The molecule has 0 fully saturated rings. The molecule has 0 bridgehead atoms. The van der Waals surface area contributed by atoms with Crippen LogP contribution in [0.1, 0.15) is 67.1 Å². The normalized spacial score (nSPS) is 10.3. The number of ketones is 3. The van der Waals surface area contributed by atoms with Gasteiger partial charge in [-0.05, 0) is 48.5 Å². The van der Waals surface area contributed by atoms with Gasteiger partial charge in [0.05, 0.1) is 40.5 Å². The van der Waals surface area contributed by atoms with Gasteiger partial charge < -0.3 is 29.4 Å². The van der Waals surface area contributed by atoms with Crippen LogP contribution in [0.2, 0.25) is 0 Å². The zero-order valence-electron chi connectivity index (χ0n) is 32.7. The third-order valence-electron chi connectivity index (χ3n) is 8.67. The molecule has 0 atom stereocenters. The average molecular weight is 842 g/mol. The third-order valence-corrected chi connectivity index (χ3v) is 10.6. The van der Waals surface area contributed by atoms with E-state index in [0.29, 0.717) is 45.3 Å². The van der Waals surface area contributed by atoms with Crippen LogP contribution in [-0.2, 0) is 9.59 Å². The smallest absolute Gasteiger partial charge is 0.337 e. The first-order chi connectivity index (χ1) is 28.4. The molecular weight excluding hydrogens is 799 g/mol. The van der Waals surface area contributed by atoms with Crippen LogP contribution in [-0.4, -0.2) is 75.2 Å². The SMILES string of the molecule is COc1ccc(C(=O)CCC(=O)NCC(=O)c2csc3ccccc23)cc1OC.COc1ccc(C(=O)CCC(=O)NN)cc1OC.O=C(O)c1csc2ccccc12. The van der Waals surface area contributed by atoms with Crippen molar-refractivity contribution >= 4 is 78.0 Å². The average Bonchev–Trinajstić information content (AvgIpc) is 3.91. The number of ether oxygens (including phenoxy) is 4. The number of thiophene rings is 2. The Hall–Kier alpha value is -6.62. The minimum absolute atomic E-state index is 0.00480. The van der Waals surface area contributed by atoms with Crippen molar-refractivity contribution < 1.29 is 52.8 Å². The summed E-state index contributed by atoms with van der Waals surface area (Å²) in [5, 5.41) is 16.6. The van der Waals surface area contributed by atoms with Crippen LogP contribution in [0.4, 0.5) is 0 Å². The lowest BCUT2D eigenvalue weighted by molar-refractivity contribution is -0.121. The van der Waals surface area contributed by atoms with E-state index in [1.54, 1.807) is 47.2 Å². The van der Waals surface area contributed by atoms with Crippen LogP contribution in [0.15, 0.2) is 95.7 Å². The van der Waals surface area contributed by atoms with Crippen LogP contribution in [0.5, 0.6) is 23.0 Å². The predicted molar refractivity (Wildman–Crippen MR) is 227 cm³/mol. The number of fused-ring (bicyclic) bond motifs is 2. The maximum atomic E-state index is 12.4. The Balaban J connectivity index is 0.000000217. The monoisotopic (exact) mass is 841 g/mol. The molecular formula is C43H43N3O11S2. The van der Waals surface area contributed by atoms with Gasteiger partial charge in [0.25, 0.3) is 0 Å². The van der Waals surface area contributed by atoms with Crippen LogP contribution in [0.3, 0.4) is 0 Å². The summed E-state index contributed by atoms with van der Waals surface area (Å²) in [6, 6.07) is 24.9. The number of hydrogen-bond donors (Lipinski definition) is 4. The van der Waals surface area contributed by atoms with Crippen LogP contribution in [0, 0.1) is 0 Å². The summed E-state index contributed by atoms with van der Waals surface area (Å²) in [5.41, 5.74) is 3.89. The first kappa shape index (κ1) is 45.1. The highest BCUT2D eigenvalue weighted by Crippen LogP contribution is 2.30. The van der Waals surface area contributed by atoms with E-state index in [2.05, 4.69) is 5.32 Å². The minimum Gasteiger partial charge on any atom is -0.493 e. The van der Waals surface area contributed by atoms with Gasteiger partial charge in [-0.2, -0.15) is 0 Å². The Morgan fingerprint density at radius 2 is 1.00 bits per heavy atom. The fourth-order valence-electron chi connectivity index (χ4n) is 5.53. The van der Waals surface area contributed by atoms with E-state index in [1.165, 1.54) is 51.1 Å². The molecule has 0 saturated heterocycles. The summed E-state index contributed by atoms with van der Waals surface area (Å²) >= 11 is 2.96. The molecule has 14 nitrogen and oxygen atoms in total. The summed E-state index contributed by atoms with van der Waals surface area (Å²) in [6.07, 6.45) is 0.198. The van der Waals surface area contributed by atoms with Crippen molar-refractivity contribution in [1.29, 1.82) is 0 Å². The van der Waals surface area contributed by atoms with Crippen molar-refractivity contribution in [3.05, 3.63) is 118 Å². The number of nitrogens with one attached hydrogen (secondary N) is 2. The number of Topliss-reactive ketones (excluding diaryl/α,β-unsaturated/α-hetero) is 3. The number of benzene rings is 4. The zero-order chi connectivity index (χ0) is 42.9. The third kappa shape index (κ3) is 12.4. The maximum Gasteiger partial charge on any atom is 0.337 e. The summed E-state index contributed by atoms with van der Waals surface area (Å²) in [7, 11) is 6.02. The topological polar surface area (TPSA) is 210 Å². The molecule has 308 valence electrons. The first-order valence-corrected chi connectivity index (χ1v) is 19.7. The molecule has 16 heteroatoms. The lowest BCUT2D eigenvalue weighted by Gasteiger charge is -2.09. The minimum atomic E-state index is -0.854. The number of amides is 2. The Bertz CT molecular complexity index is 2440. The molecule has 0 spiro atoms. The highest BCUT2D eigenvalue weighted by atomic mass is 32.1. The second kappa shape index (κ2) is 22.4. The lowest BCUT2D eigenvalue weighted by atomic mass is 10.1. The molecule has 59 heavy (non-hydrogen) atoms. The van der Waals surface area contributed by atoms with Crippen molar-refractivity contribution in [3.8, 4) is 23.0 Å². The molecule has 2 amide bonds. The number of carboxylic acids is 1. The van der Waals surface area contributed by atoms with E-state index in [4.69, 9.17) is 29.9 Å². The van der Waals surface area contributed by atoms with Gasteiger partial charge in [-0.15, -0.1) is 22.7 Å². The molecule has 2 heterocycles. The van der Waals surface area contributed by atoms with Crippen LogP contribution < -0.4 is 35.5 Å². The maximum absolute atomic E-state index is 12.4. The fraction of sp³-hybridized carbons (Fsp3) is 0.209. The number of hydrogen-bond acceptors (Lipinski definition) is 13. The molecule has 0 radical (unpaired) electrons. The molecule has 6 rings (SSSR count). The quantitative estimate of drug-likeness (QED) is 0.0332. The zero-order valence-corrected chi connectivity index (χ0v) is 34.3. The van der Waals surface area contributed by atoms with Crippen LogP contribution >= 0.6 is 22.7 Å². The molecule has 0 aliphatic rings. The summed E-state index contributed by atoms with van der Waals surface area (Å²) in [5.74, 6) is 4.89. The second-order valence-corrected chi connectivity index (χ2v) is 14.2. The lowest BCUT2D eigenvalue weighted by Crippen LogP contribution is -2.30. The highest BCUT2D eigenvalue weighted by molar-refractivity contribution is 7.18. The van der Waals surface area contributed by atoms with Crippen molar-refractivity contribution in [1.82, 2.24) is 10.7 Å². The van der Waals surface area contributed by atoms with Gasteiger partial charge in [0, 0.05) is 73.3 Å².